The lowest BCUT2D eigenvalue weighted by atomic mass is 10.1. The maximum absolute atomic E-state index is 8.17. The van der Waals surface area contributed by atoms with Crippen LogP contribution in [0.15, 0.2) is 53.1 Å². The predicted octanol–water partition coefficient (Wildman–Crippen LogP) is 5.47. The molecule has 0 saturated carbocycles. The molecule has 1 aromatic carbocycles. The Morgan fingerprint density at radius 1 is 1.04 bits per heavy atom. The zero-order chi connectivity index (χ0) is 16.9. The quantitative estimate of drug-likeness (QED) is 0.492. The van der Waals surface area contributed by atoms with Crippen LogP contribution in [-0.2, 0) is 0 Å². The molecular formula is C20H18N2O. The van der Waals surface area contributed by atoms with Crippen molar-refractivity contribution in [2.24, 2.45) is 0 Å². The number of hydrogen-bond donors (Lipinski definition) is 0. The molecule has 0 amide bonds. The average molecular weight is 303 g/mol. The highest BCUT2D eigenvalue weighted by atomic mass is 16.3. The number of rotatable bonds is 2. The van der Waals surface area contributed by atoms with Gasteiger partial charge in [0, 0.05) is 29.6 Å². The van der Waals surface area contributed by atoms with Crippen LogP contribution >= 0.6 is 0 Å². The van der Waals surface area contributed by atoms with Gasteiger partial charge in [0.15, 0.2) is 0 Å². The van der Waals surface area contributed by atoms with Gasteiger partial charge in [0.05, 0.1) is 5.69 Å². The molecule has 3 aromatic heterocycles. The average Bonchev–Trinajstić information content (AvgIpc) is 2.92. The SMILES string of the molecule is [2H]C(C)(C)c1ccc2c(n1)oc1c(-c3ccc(C)cn3)cccc12. The Bertz CT molecular complexity index is 1040. The Kier molecular flexibility index (Phi) is 2.90. The second-order valence-corrected chi connectivity index (χ2v) is 6.05. The first-order chi connectivity index (χ1) is 11.4. The third kappa shape index (κ3) is 2.29. The second-order valence-electron chi connectivity index (χ2n) is 6.05. The van der Waals surface area contributed by atoms with Crippen molar-refractivity contribution in [1.29, 1.82) is 0 Å². The van der Waals surface area contributed by atoms with E-state index >= 15 is 0 Å². The van der Waals surface area contributed by atoms with E-state index in [1.165, 1.54) is 0 Å². The van der Waals surface area contributed by atoms with Crippen molar-refractivity contribution in [3.05, 3.63) is 59.9 Å². The van der Waals surface area contributed by atoms with Crippen molar-refractivity contribution in [3.63, 3.8) is 0 Å². The summed E-state index contributed by atoms with van der Waals surface area (Å²) in [5.41, 5.74) is 5.02. The summed E-state index contributed by atoms with van der Waals surface area (Å²) in [4.78, 5) is 9.07. The first-order valence-electron chi connectivity index (χ1n) is 8.19. The minimum atomic E-state index is -0.755. The van der Waals surface area contributed by atoms with Crippen LogP contribution in [0.25, 0.3) is 33.3 Å². The summed E-state index contributed by atoms with van der Waals surface area (Å²) in [7, 11) is 0. The third-order valence-corrected chi connectivity index (χ3v) is 4.06. The highest BCUT2D eigenvalue weighted by Gasteiger charge is 2.14. The van der Waals surface area contributed by atoms with Gasteiger partial charge in [-0.1, -0.05) is 32.0 Å². The molecule has 0 spiro atoms. The third-order valence-electron chi connectivity index (χ3n) is 4.06. The molecule has 0 N–H and O–H groups in total. The second kappa shape index (κ2) is 5.20. The van der Waals surface area contributed by atoms with Gasteiger partial charge in [-0.2, -0.15) is 0 Å². The Balaban J connectivity index is 1.98. The van der Waals surface area contributed by atoms with Gasteiger partial charge in [0.1, 0.15) is 5.58 Å². The lowest BCUT2D eigenvalue weighted by molar-refractivity contribution is 0.648. The minimum absolute atomic E-state index is 0.572. The molecule has 4 aromatic rings. The fourth-order valence-corrected chi connectivity index (χ4v) is 2.79. The van der Waals surface area contributed by atoms with Crippen molar-refractivity contribution < 1.29 is 5.79 Å². The molecule has 0 aliphatic carbocycles. The first-order valence-corrected chi connectivity index (χ1v) is 7.69. The summed E-state index contributed by atoms with van der Waals surface area (Å²) in [5.74, 6) is -0.755. The van der Waals surface area contributed by atoms with Gasteiger partial charge >= 0.3 is 0 Å². The smallest absolute Gasteiger partial charge is 0.227 e. The van der Waals surface area contributed by atoms with Gasteiger partial charge < -0.3 is 4.42 Å². The van der Waals surface area contributed by atoms with E-state index in [0.29, 0.717) is 11.4 Å². The number of nitrogens with zero attached hydrogens (tertiary/aromatic N) is 2. The van der Waals surface area contributed by atoms with Gasteiger partial charge in [-0.25, -0.2) is 4.98 Å². The summed E-state index contributed by atoms with van der Waals surface area (Å²) in [6, 6.07) is 14.0. The molecule has 4 rings (SSSR count). The van der Waals surface area contributed by atoms with Crippen LogP contribution < -0.4 is 0 Å². The van der Waals surface area contributed by atoms with E-state index in [9.17, 15) is 0 Å². The molecular weight excluding hydrogens is 284 g/mol. The molecule has 0 atom stereocenters. The summed E-state index contributed by atoms with van der Waals surface area (Å²) < 4.78 is 14.2. The molecule has 3 heterocycles. The van der Waals surface area contributed by atoms with Crippen LogP contribution in [0.2, 0.25) is 0 Å². The Morgan fingerprint density at radius 2 is 1.91 bits per heavy atom. The van der Waals surface area contributed by atoms with E-state index < -0.39 is 5.89 Å². The maximum atomic E-state index is 8.17. The minimum Gasteiger partial charge on any atom is -0.437 e. The number of aryl methyl sites for hydroxylation is 1. The number of fused-ring (bicyclic) bond motifs is 3. The Hall–Kier alpha value is -2.68. The van der Waals surface area contributed by atoms with Crippen molar-refractivity contribution in [2.75, 3.05) is 0 Å². The number of furan rings is 1. The normalized spacial score (nSPS) is 12.7. The van der Waals surface area contributed by atoms with Gasteiger partial charge in [-0.05, 0) is 42.6 Å². The Morgan fingerprint density at radius 3 is 2.65 bits per heavy atom. The molecule has 0 aliphatic heterocycles. The highest BCUT2D eigenvalue weighted by Crippen LogP contribution is 2.34. The molecule has 114 valence electrons. The summed E-state index contributed by atoms with van der Waals surface area (Å²) >= 11 is 0. The fourth-order valence-electron chi connectivity index (χ4n) is 2.79. The predicted molar refractivity (Wildman–Crippen MR) is 93.6 cm³/mol. The number of aromatic nitrogens is 2. The van der Waals surface area contributed by atoms with Crippen LogP contribution in [0.1, 0.15) is 32.4 Å². The molecule has 3 nitrogen and oxygen atoms in total. The van der Waals surface area contributed by atoms with Crippen molar-refractivity contribution >= 4 is 22.1 Å². The molecule has 23 heavy (non-hydrogen) atoms. The van der Waals surface area contributed by atoms with Crippen molar-refractivity contribution in [3.8, 4) is 11.3 Å². The van der Waals surface area contributed by atoms with Crippen molar-refractivity contribution in [1.82, 2.24) is 9.97 Å². The largest absolute Gasteiger partial charge is 0.437 e. The van der Waals surface area contributed by atoms with E-state index in [4.69, 9.17) is 5.79 Å². The van der Waals surface area contributed by atoms with Crippen LogP contribution in [0.3, 0.4) is 0 Å². The van der Waals surface area contributed by atoms with E-state index in [1.54, 1.807) is 0 Å². The first kappa shape index (κ1) is 12.8. The number of hydrogen-bond acceptors (Lipinski definition) is 3. The van der Waals surface area contributed by atoms with Crippen molar-refractivity contribution in [2.45, 2.75) is 26.7 Å². The molecule has 0 bridgehead atoms. The van der Waals surface area contributed by atoms with Crippen LogP contribution in [-0.4, -0.2) is 9.97 Å². The van der Waals surface area contributed by atoms with E-state index in [2.05, 4.69) is 9.97 Å². The Labute approximate surface area is 136 Å². The molecule has 0 radical (unpaired) electrons. The monoisotopic (exact) mass is 303 g/mol. The van der Waals surface area contributed by atoms with E-state index in [1.807, 2.05) is 69.4 Å². The standard InChI is InChI=1S/C20H18N2O/c1-12(2)17-10-8-15-14-5-4-6-16(19(14)23-20(15)22-17)18-9-7-13(3)11-21-18/h4-12H,1-3H3/i12D. The summed E-state index contributed by atoms with van der Waals surface area (Å²) in [6.07, 6.45) is 1.86. The maximum Gasteiger partial charge on any atom is 0.227 e. The molecule has 0 fully saturated rings. The summed E-state index contributed by atoms with van der Waals surface area (Å²) in [6.45, 7) is 5.67. The number of benzene rings is 1. The fraction of sp³-hybridized carbons (Fsp3) is 0.200. The molecule has 0 aliphatic rings. The lowest BCUT2D eigenvalue weighted by Crippen LogP contribution is -1.90. The summed E-state index contributed by atoms with van der Waals surface area (Å²) in [5, 5.41) is 1.98. The lowest BCUT2D eigenvalue weighted by Gasteiger charge is -2.02. The van der Waals surface area contributed by atoms with Crippen LogP contribution in [0.4, 0.5) is 0 Å². The molecule has 0 unspecified atom stereocenters. The van der Waals surface area contributed by atoms with Gasteiger partial charge in [0.25, 0.3) is 0 Å². The number of pyridine rings is 2. The van der Waals surface area contributed by atoms with Gasteiger partial charge in [0.2, 0.25) is 5.71 Å². The van der Waals surface area contributed by atoms with Crippen LogP contribution in [0, 0.1) is 6.92 Å². The van der Waals surface area contributed by atoms with Crippen LogP contribution in [0.5, 0.6) is 0 Å². The molecule has 3 heteroatoms. The molecule has 0 saturated heterocycles. The zero-order valence-corrected chi connectivity index (χ0v) is 13.4. The zero-order valence-electron chi connectivity index (χ0n) is 14.4. The van der Waals surface area contributed by atoms with Gasteiger partial charge in [-0.15, -0.1) is 0 Å². The van der Waals surface area contributed by atoms with E-state index in [-0.39, 0.29) is 0 Å². The number of para-hydroxylation sites is 1. The van der Waals surface area contributed by atoms with E-state index in [0.717, 1.165) is 33.2 Å². The highest BCUT2D eigenvalue weighted by molar-refractivity contribution is 6.08. The topological polar surface area (TPSA) is 38.9 Å². The van der Waals surface area contributed by atoms with Gasteiger partial charge in [-0.3, -0.25) is 4.98 Å².